The number of hydrogen-bond donors (Lipinski definition) is 1. The van der Waals surface area contributed by atoms with Crippen LogP contribution in [-0.4, -0.2) is 50.7 Å². The van der Waals surface area contributed by atoms with Crippen molar-refractivity contribution in [3.8, 4) is 0 Å². The van der Waals surface area contributed by atoms with Gasteiger partial charge in [-0.2, -0.15) is 0 Å². The molecule has 0 aromatic carbocycles. The van der Waals surface area contributed by atoms with Gasteiger partial charge in [-0.05, 0) is 19.3 Å². The van der Waals surface area contributed by atoms with Gasteiger partial charge in [-0.1, -0.05) is 13.3 Å². The zero-order chi connectivity index (χ0) is 19.1. The molecular weight excluding hydrogens is 358 g/mol. The minimum atomic E-state index is -3.20. The van der Waals surface area contributed by atoms with Crippen molar-refractivity contribution in [1.82, 2.24) is 23.4 Å². The molecule has 2 aromatic rings. The quantitative estimate of drug-likeness (QED) is 0.797. The number of unbranched alkanes of at least 4 members (excludes halogenated alkanes) is 1. The average molecular weight is 383 g/mol. The number of sulfonamides is 1. The van der Waals surface area contributed by atoms with Gasteiger partial charge in [-0.15, -0.1) is 0 Å². The first-order valence-corrected chi connectivity index (χ1v) is 10.5. The lowest BCUT2D eigenvalue weighted by atomic mass is 9.97. The van der Waals surface area contributed by atoms with Crippen LogP contribution >= 0.6 is 0 Å². The Bertz CT molecular complexity index is 1030. The fraction of sp³-hybridized carbons (Fsp3) is 0.688. The fourth-order valence-corrected chi connectivity index (χ4v) is 5.08. The molecule has 9 nitrogen and oxygen atoms in total. The van der Waals surface area contributed by atoms with E-state index in [1.807, 2.05) is 6.92 Å². The van der Waals surface area contributed by atoms with Gasteiger partial charge in [0, 0.05) is 33.1 Å². The monoisotopic (exact) mass is 383 g/mol. The van der Waals surface area contributed by atoms with Crippen LogP contribution in [0.1, 0.15) is 44.3 Å². The van der Waals surface area contributed by atoms with Gasteiger partial charge in [0.15, 0.2) is 5.65 Å². The molecule has 0 radical (unpaired) electrons. The molecule has 1 aliphatic rings. The second kappa shape index (κ2) is 6.99. The van der Waals surface area contributed by atoms with Gasteiger partial charge in [0.1, 0.15) is 11.3 Å². The molecule has 144 valence electrons. The maximum absolute atomic E-state index is 12.3. The summed E-state index contributed by atoms with van der Waals surface area (Å²) in [7, 11) is -0.181. The molecule has 0 aliphatic carbocycles. The van der Waals surface area contributed by atoms with Crippen molar-refractivity contribution < 1.29 is 8.42 Å². The van der Waals surface area contributed by atoms with Crippen molar-refractivity contribution >= 4 is 21.2 Å². The van der Waals surface area contributed by atoms with Crippen LogP contribution in [-0.2, 0) is 24.1 Å². The molecule has 0 atom stereocenters. The van der Waals surface area contributed by atoms with E-state index in [1.54, 1.807) is 11.4 Å². The summed E-state index contributed by atoms with van der Waals surface area (Å²) in [6, 6.07) is 0. The van der Waals surface area contributed by atoms with E-state index < -0.39 is 21.3 Å². The molecule has 0 bridgehead atoms. The predicted octanol–water partition coefficient (Wildman–Crippen LogP) is 0.270. The Labute approximate surface area is 151 Å². The first kappa shape index (κ1) is 18.8. The molecule has 1 fully saturated rings. The number of fused-ring (bicyclic) bond motifs is 1. The Hall–Kier alpha value is -1.94. The molecule has 1 saturated heterocycles. The van der Waals surface area contributed by atoms with Crippen LogP contribution in [0.3, 0.4) is 0 Å². The molecule has 0 saturated carbocycles. The SMILES string of the molecule is CCCCS(=O)(=O)N1CCC(c2nc3c([nH]2)c(=O)n(C)c(=O)n3C)CC1. The highest BCUT2D eigenvalue weighted by atomic mass is 32.2. The average Bonchev–Trinajstić information content (AvgIpc) is 3.09. The third-order valence-electron chi connectivity index (χ3n) is 5.10. The van der Waals surface area contributed by atoms with Crippen molar-refractivity contribution in [2.75, 3.05) is 18.8 Å². The van der Waals surface area contributed by atoms with E-state index in [2.05, 4.69) is 9.97 Å². The molecule has 0 unspecified atom stereocenters. The summed E-state index contributed by atoms with van der Waals surface area (Å²) in [6.07, 6.45) is 2.80. The summed E-state index contributed by atoms with van der Waals surface area (Å²) in [5, 5.41) is 0. The highest BCUT2D eigenvalue weighted by Crippen LogP contribution is 2.28. The third kappa shape index (κ3) is 3.23. The maximum atomic E-state index is 12.3. The fourth-order valence-electron chi connectivity index (χ4n) is 3.40. The summed E-state index contributed by atoms with van der Waals surface area (Å²) in [5.74, 6) is 0.875. The number of nitrogens with one attached hydrogen (secondary N) is 1. The topological polar surface area (TPSA) is 110 Å². The van der Waals surface area contributed by atoms with Crippen molar-refractivity contribution in [2.24, 2.45) is 14.1 Å². The van der Waals surface area contributed by atoms with E-state index in [0.717, 1.165) is 11.0 Å². The smallest absolute Gasteiger partial charge is 0.332 e. The van der Waals surface area contributed by atoms with Crippen LogP contribution in [0, 0.1) is 0 Å². The molecule has 10 heteroatoms. The van der Waals surface area contributed by atoms with Crippen molar-refractivity contribution in [2.45, 2.75) is 38.5 Å². The molecule has 2 aromatic heterocycles. The zero-order valence-corrected chi connectivity index (χ0v) is 16.2. The van der Waals surface area contributed by atoms with Gasteiger partial charge in [0.25, 0.3) is 5.56 Å². The van der Waals surface area contributed by atoms with Crippen LogP contribution in [0.5, 0.6) is 0 Å². The number of piperidine rings is 1. The summed E-state index contributed by atoms with van der Waals surface area (Å²) < 4.78 is 28.6. The largest absolute Gasteiger partial charge is 0.336 e. The molecule has 1 N–H and O–H groups in total. The van der Waals surface area contributed by atoms with Gasteiger partial charge >= 0.3 is 5.69 Å². The third-order valence-corrected chi connectivity index (χ3v) is 7.06. The zero-order valence-electron chi connectivity index (χ0n) is 15.4. The number of aromatic nitrogens is 4. The van der Waals surface area contributed by atoms with Crippen molar-refractivity contribution in [3.05, 3.63) is 26.7 Å². The van der Waals surface area contributed by atoms with Crippen LogP contribution in [0.2, 0.25) is 0 Å². The van der Waals surface area contributed by atoms with Crippen LogP contribution in [0.15, 0.2) is 9.59 Å². The van der Waals surface area contributed by atoms with E-state index in [0.29, 0.717) is 49.3 Å². The Morgan fingerprint density at radius 2 is 1.81 bits per heavy atom. The lowest BCUT2D eigenvalue weighted by Gasteiger charge is -2.30. The van der Waals surface area contributed by atoms with Gasteiger partial charge in [0.05, 0.1) is 5.75 Å². The summed E-state index contributed by atoms with van der Waals surface area (Å²) in [6.45, 7) is 2.87. The van der Waals surface area contributed by atoms with E-state index in [-0.39, 0.29) is 11.7 Å². The summed E-state index contributed by atoms with van der Waals surface area (Å²) >= 11 is 0. The number of imidazole rings is 1. The number of aromatic amines is 1. The molecule has 0 amide bonds. The first-order valence-electron chi connectivity index (χ1n) is 8.89. The highest BCUT2D eigenvalue weighted by molar-refractivity contribution is 7.89. The van der Waals surface area contributed by atoms with Crippen molar-refractivity contribution in [3.63, 3.8) is 0 Å². The van der Waals surface area contributed by atoms with E-state index in [4.69, 9.17) is 0 Å². The Morgan fingerprint density at radius 3 is 2.42 bits per heavy atom. The number of nitrogens with zero attached hydrogens (tertiary/aromatic N) is 4. The second-order valence-corrected chi connectivity index (χ2v) is 8.96. The molecule has 3 rings (SSSR count). The second-order valence-electron chi connectivity index (χ2n) is 6.87. The standard InChI is InChI=1S/C16H25N5O4S/c1-4-5-10-26(24,25)21-8-6-11(7-9-21)13-17-12-14(18-13)19(2)16(23)20(3)15(12)22/h11H,4-10H2,1-3H3,(H,17,18). The van der Waals surface area contributed by atoms with E-state index >= 15 is 0 Å². The van der Waals surface area contributed by atoms with Gasteiger partial charge < -0.3 is 4.98 Å². The Kier molecular flexibility index (Phi) is 5.07. The van der Waals surface area contributed by atoms with Crippen LogP contribution in [0.4, 0.5) is 0 Å². The molecule has 0 spiro atoms. The number of aryl methyl sites for hydroxylation is 1. The Morgan fingerprint density at radius 1 is 1.15 bits per heavy atom. The van der Waals surface area contributed by atoms with Gasteiger partial charge in [-0.3, -0.25) is 13.9 Å². The van der Waals surface area contributed by atoms with Gasteiger partial charge in [0.2, 0.25) is 10.0 Å². The molecular formula is C16H25N5O4S. The molecule has 3 heterocycles. The summed E-state index contributed by atoms with van der Waals surface area (Å²) in [5.41, 5.74) is -0.174. The number of H-pyrrole nitrogens is 1. The lowest BCUT2D eigenvalue weighted by molar-refractivity contribution is 0.314. The number of hydrogen-bond acceptors (Lipinski definition) is 5. The highest BCUT2D eigenvalue weighted by Gasteiger charge is 2.30. The molecule has 26 heavy (non-hydrogen) atoms. The van der Waals surface area contributed by atoms with E-state index in [1.165, 1.54) is 11.6 Å². The minimum absolute atomic E-state index is 0.0415. The van der Waals surface area contributed by atoms with Crippen LogP contribution < -0.4 is 11.2 Å². The van der Waals surface area contributed by atoms with Crippen molar-refractivity contribution in [1.29, 1.82) is 0 Å². The first-order chi connectivity index (χ1) is 12.3. The minimum Gasteiger partial charge on any atom is -0.336 e. The normalized spacial score (nSPS) is 17.2. The summed E-state index contributed by atoms with van der Waals surface area (Å²) in [4.78, 5) is 31.8. The number of rotatable bonds is 5. The van der Waals surface area contributed by atoms with Crippen LogP contribution in [0.25, 0.3) is 11.2 Å². The maximum Gasteiger partial charge on any atom is 0.332 e. The predicted molar refractivity (Wildman–Crippen MR) is 98.8 cm³/mol. The van der Waals surface area contributed by atoms with E-state index in [9.17, 15) is 18.0 Å². The molecule has 1 aliphatic heterocycles. The lowest BCUT2D eigenvalue weighted by Crippen LogP contribution is -2.39. The Balaban J connectivity index is 1.82. The van der Waals surface area contributed by atoms with Gasteiger partial charge in [-0.25, -0.2) is 22.5 Å².